The second kappa shape index (κ2) is 10.4. The number of hydrogen-bond donors (Lipinski definition) is 2. The second-order valence-electron chi connectivity index (χ2n) is 7.10. The second-order valence-corrected chi connectivity index (χ2v) is 7.10. The summed E-state index contributed by atoms with van der Waals surface area (Å²) in [6.07, 6.45) is 7.12. The van der Waals surface area contributed by atoms with Crippen LogP contribution in [-0.4, -0.2) is 47.7 Å². The summed E-state index contributed by atoms with van der Waals surface area (Å²) in [4.78, 5) is 16.7. The number of hydroxylamine groups is 1. The van der Waals surface area contributed by atoms with Gasteiger partial charge in [-0.05, 0) is 38.5 Å². The summed E-state index contributed by atoms with van der Waals surface area (Å²) in [5, 5.41) is 9.24. The molecule has 1 aliphatic rings. The van der Waals surface area contributed by atoms with E-state index in [1.165, 1.54) is 0 Å². The molecule has 0 amide bonds. The van der Waals surface area contributed by atoms with Gasteiger partial charge in [-0.2, -0.15) is 0 Å². The van der Waals surface area contributed by atoms with Gasteiger partial charge < -0.3 is 14.7 Å². The Balaban J connectivity index is 1.87. The third kappa shape index (κ3) is 6.23. The smallest absolute Gasteiger partial charge is 0.225 e. The molecule has 0 aromatic carbocycles. The fraction of sp³-hybridized carbons (Fsp3) is 0.684. The molecule has 2 N–H and O–H groups in total. The predicted octanol–water partition coefficient (Wildman–Crippen LogP) is 2.59. The van der Waals surface area contributed by atoms with Gasteiger partial charge in [0.1, 0.15) is 0 Å². The van der Waals surface area contributed by atoms with Gasteiger partial charge in [0.2, 0.25) is 5.95 Å². The summed E-state index contributed by atoms with van der Waals surface area (Å²) in [6.45, 7) is 10.7. The van der Waals surface area contributed by atoms with E-state index in [9.17, 15) is 5.11 Å². The number of hydrogen-bond acceptors (Lipinski definition) is 7. The summed E-state index contributed by atoms with van der Waals surface area (Å²) in [5.41, 5.74) is 4.60. The lowest BCUT2D eigenvalue weighted by molar-refractivity contribution is -0.160. The van der Waals surface area contributed by atoms with E-state index in [-0.39, 0.29) is 12.9 Å². The molecule has 2 rings (SSSR count). The van der Waals surface area contributed by atoms with Crippen molar-refractivity contribution in [2.24, 2.45) is 11.8 Å². The van der Waals surface area contributed by atoms with Crippen LogP contribution in [0, 0.1) is 11.8 Å². The average molecular weight is 364 g/mol. The number of piperidine rings is 1. The van der Waals surface area contributed by atoms with Crippen molar-refractivity contribution in [2.75, 3.05) is 31.2 Å². The fourth-order valence-electron chi connectivity index (χ4n) is 2.73. The van der Waals surface area contributed by atoms with E-state index in [0.29, 0.717) is 18.4 Å². The number of nitrogens with zero attached hydrogens (tertiary/aromatic N) is 3. The zero-order chi connectivity index (χ0) is 18.9. The molecule has 1 aromatic rings. The maximum atomic E-state index is 9.24. The first-order valence-electron chi connectivity index (χ1n) is 9.41. The lowest BCUT2D eigenvalue weighted by atomic mass is 9.98. The average Bonchev–Trinajstić information content (AvgIpc) is 2.67. The first kappa shape index (κ1) is 20.6. The van der Waals surface area contributed by atoms with Crippen LogP contribution in [0.5, 0.6) is 0 Å². The Bertz CT molecular complexity index is 554. The monoisotopic (exact) mass is 364 g/mol. The number of allylic oxidation sites excluding steroid dienone is 1. The maximum absolute atomic E-state index is 9.24. The molecule has 0 radical (unpaired) electrons. The Morgan fingerprint density at radius 1 is 1.31 bits per heavy atom. The minimum Gasteiger partial charge on any atom is -0.396 e. The van der Waals surface area contributed by atoms with Gasteiger partial charge >= 0.3 is 0 Å². The molecule has 1 saturated heterocycles. The fourth-order valence-corrected chi connectivity index (χ4v) is 2.73. The molecular weight excluding hydrogens is 332 g/mol. The summed E-state index contributed by atoms with van der Waals surface area (Å²) in [5.74, 6) is 1.60. The number of anilines is 1. The molecule has 0 spiro atoms. The lowest BCUT2D eigenvalue weighted by Crippen LogP contribution is -2.35. The standard InChI is InChI=1S/C19H32N4O3/c1-5-18(22-26-15(4)25-13-14(2)3)17-10-20-19(21-11-17)23-8-6-16(12-24)7-9-23/h5,10-11,14-16,22,24H,6-9,12-13H2,1-4H3. The van der Waals surface area contributed by atoms with Gasteiger partial charge in [-0.1, -0.05) is 19.9 Å². The molecule has 1 aliphatic heterocycles. The molecule has 0 bridgehead atoms. The quantitative estimate of drug-likeness (QED) is 0.515. The molecule has 1 fully saturated rings. The first-order chi connectivity index (χ1) is 12.5. The molecule has 0 saturated carbocycles. The number of aliphatic hydroxyl groups is 1. The van der Waals surface area contributed by atoms with Crippen LogP contribution < -0.4 is 10.4 Å². The molecule has 7 nitrogen and oxygen atoms in total. The maximum Gasteiger partial charge on any atom is 0.225 e. The normalized spacial score (nSPS) is 17.6. The van der Waals surface area contributed by atoms with Crippen LogP contribution in [-0.2, 0) is 9.57 Å². The Kier molecular flexibility index (Phi) is 8.28. The Morgan fingerprint density at radius 3 is 2.50 bits per heavy atom. The lowest BCUT2D eigenvalue weighted by Gasteiger charge is -2.31. The predicted molar refractivity (Wildman–Crippen MR) is 102 cm³/mol. The van der Waals surface area contributed by atoms with Crippen LogP contribution in [0.3, 0.4) is 0 Å². The third-order valence-electron chi connectivity index (χ3n) is 4.39. The molecule has 7 heteroatoms. The van der Waals surface area contributed by atoms with E-state index in [1.807, 2.05) is 19.9 Å². The van der Waals surface area contributed by atoms with Crippen molar-refractivity contribution < 1.29 is 14.7 Å². The zero-order valence-electron chi connectivity index (χ0n) is 16.3. The summed E-state index contributed by atoms with van der Waals surface area (Å²) < 4.78 is 5.58. The number of aromatic nitrogens is 2. The Hall–Kier alpha value is -1.70. The SMILES string of the molecule is CC=C(NOC(C)OCC(C)C)c1cnc(N2CCC(CO)CC2)nc1. The molecular formula is C19H32N4O3. The van der Waals surface area contributed by atoms with Crippen LogP contribution in [0.1, 0.15) is 46.1 Å². The van der Waals surface area contributed by atoms with Crippen LogP contribution >= 0.6 is 0 Å². The van der Waals surface area contributed by atoms with Gasteiger partial charge in [-0.3, -0.25) is 5.48 Å². The molecule has 0 aliphatic carbocycles. The van der Waals surface area contributed by atoms with E-state index in [0.717, 1.165) is 43.1 Å². The largest absolute Gasteiger partial charge is 0.396 e. The van der Waals surface area contributed by atoms with Gasteiger partial charge in [-0.25, -0.2) is 14.8 Å². The van der Waals surface area contributed by atoms with Crippen molar-refractivity contribution in [2.45, 2.75) is 46.8 Å². The van der Waals surface area contributed by atoms with Gasteiger partial charge in [0.05, 0.1) is 12.3 Å². The summed E-state index contributed by atoms with van der Waals surface area (Å²) in [7, 11) is 0. The minimum atomic E-state index is -0.347. The van der Waals surface area contributed by atoms with Crippen molar-refractivity contribution in [3.05, 3.63) is 24.0 Å². The van der Waals surface area contributed by atoms with Crippen molar-refractivity contribution in [1.29, 1.82) is 0 Å². The highest BCUT2D eigenvalue weighted by molar-refractivity contribution is 5.61. The van der Waals surface area contributed by atoms with Crippen molar-refractivity contribution >= 4 is 11.6 Å². The van der Waals surface area contributed by atoms with Crippen LogP contribution in [0.15, 0.2) is 18.5 Å². The van der Waals surface area contributed by atoms with E-state index in [1.54, 1.807) is 12.4 Å². The molecule has 1 aromatic heterocycles. The summed E-state index contributed by atoms with van der Waals surface area (Å²) >= 11 is 0. The van der Waals surface area contributed by atoms with Crippen molar-refractivity contribution in [1.82, 2.24) is 15.4 Å². The number of aliphatic hydroxyl groups excluding tert-OH is 1. The van der Waals surface area contributed by atoms with E-state index in [4.69, 9.17) is 9.57 Å². The zero-order valence-corrected chi connectivity index (χ0v) is 16.3. The van der Waals surface area contributed by atoms with E-state index >= 15 is 0 Å². The topological polar surface area (TPSA) is 79.7 Å². The van der Waals surface area contributed by atoms with Gasteiger partial charge in [0, 0.05) is 37.7 Å². The highest BCUT2D eigenvalue weighted by Crippen LogP contribution is 2.20. The Morgan fingerprint density at radius 2 is 1.96 bits per heavy atom. The van der Waals surface area contributed by atoms with Gasteiger partial charge in [0.15, 0.2) is 6.29 Å². The minimum absolute atomic E-state index is 0.267. The highest BCUT2D eigenvalue weighted by Gasteiger charge is 2.20. The van der Waals surface area contributed by atoms with Crippen molar-refractivity contribution in [3.63, 3.8) is 0 Å². The number of rotatable bonds is 9. The molecule has 1 unspecified atom stereocenters. The Labute approximate surface area is 156 Å². The van der Waals surface area contributed by atoms with Crippen LogP contribution in [0.25, 0.3) is 5.70 Å². The number of ether oxygens (including phenoxy) is 1. The highest BCUT2D eigenvalue weighted by atomic mass is 16.8. The van der Waals surface area contributed by atoms with Gasteiger partial charge in [-0.15, -0.1) is 0 Å². The van der Waals surface area contributed by atoms with Gasteiger partial charge in [0.25, 0.3) is 0 Å². The summed E-state index contributed by atoms with van der Waals surface area (Å²) in [6, 6.07) is 0. The molecule has 26 heavy (non-hydrogen) atoms. The third-order valence-corrected chi connectivity index (χ3v) is 4.39. The number of nitrogens with one attached hydrogen (secondary N) is 1. The van der Waals surface area contributed by atoms with E-state index in [2.05, 4.69) is 34.2 Å². The first-order valence-corrected chi connectivity index (χ1v) is 9.41. The van der Waals surface area contributed by atoms with Crippen molar-refractivity contribution in [3.8, 4) is 0 Å². The molecule has 1 atom stereocenters. The van der Waals surface area contributed by atoms with E-state index < -0.39 is 0 Å². The van der Waals surface area contributed by atoms with Crippen LogP contribution in [0.4, 0.5) is 5.95 Å². The van der Waals surface area contributed by atoms with Crippen LogP contribution in [0.2, 0.25) is 0 Å². The molecule has 146 valence electrons. The molecule has 2 heterocycles.